The zero-order chi connectivity index (χ0) is 27.0. The molecule has 9 heteroatoms. The molecule has 1 N–H and O–H groups in total. The number of sulfone groups is 1. The molecule has 1 saturated heterocycles. The zero-order valence-corrected chi connectivity index (χ0v) is 22.0. The number of halogens is 2. The highest BCUT2D eigenvalue weighted by Gasteiger charge is 2.31. The number of benzene rings is 3. The van der Waals surface area contributed by atoms with Gasteiger partial charge in [-0.05, 0) is 72.2 Å². The van der Waals surface area contributed by atoms with Crippen molar-refractivity contribution in [2.24, 2.45) is 5.92 Å². The maximum atomic E-state index is 14.6. The van der Waals surface area contributed by atoms with Gasteiger partial charge in [-0.2, -0.15) is 0 Å². The maximum absolute atomic E-state index is 14.6. The van der Waals surface area contributed by atoms with E-state index in [2.05, 4.69) is 4.90 Å². The number of alkyl halides is 1. The summed E-state index contributed by atoms with van der Waals surface area (Å²) in [7, 11) is -3.66. The van der Waals surface area contributed by atoms with Gasteiger partial charge in [0.1, 0.15) is 35.8 Å². The Morgan fingerprint density at radius 2 is 1.82 bits per heavy atom. The summed E-state index contributed by atoms with van der Waals surface area (Å²) >= 11 is 0. The second-order valence-corrected chi connectivity index (χ2v) is 11.9. The minimum Gasteiger partial charge on any atom is -0.508 e. The summed E-state index contributed by atoms with van der Waals surface area (Å²) in [6.07, 6.45) is 0.378. The molecule has 0 bridgehead atoms. The van der Waals surface area contributed by atoms with Crippen LogP contribution in [0.2, 0.25) is 0 Å². The monoisotopic (exact) mass is 541 g/mol. The van der Waals surface area contributed by atoms with E-state index >= 15 is 0 Å². The fraction of sp³-hybridized carbons (Fsp3) is 0.310. The minimum absolute atomic E-state index is 0.0560. The van der Waals surface area contributed by atoms with Crippen molar-refractivity contribution in [1.82, 2.24) is 4.90 Å². The highest BCUT2D eigenvalue weighted by atomic mass is 32.2. The number of aromatic hydroxyl groups is 1. The number of phenolic OH excluding ortho intramolecular Hbond substituents is 1. The molecule has 0 radical (unpaired) electrons. The highest BCUT2D eigenvalue weighted by molar-refractivity contribution is 7.90. The van der Waals surface area contributed by atoms with E-state index in [1.807, 2.05) is 31.2 Å². The third-order valence-electron chi connectivity index (χ3n) is 7.00. The zero-order valence-electron chi connectivity index (χ0n) is 21.2. The van der Waals surface area contributed by atoms with Gasteiger partial charge in [-0.3, -0.25) is 9.29 Å². The molecule has 38 heavy (non-hydrogen) atoms. The Kier molecular flexibility index (Phi) is 7.15. The van der Waals surface area contributed by atoms with Crippen molar-refractivity contribution in [3.05, 3.63) is 83.2 Å². The number of phenols is 1. The average Bonchev–Trinajstić information content (AvgIpc) is 2.85. The van der Waals surface area contributed by atoms with Crippen molar-refractivity contribution in [3.63, 3.8) is 0 Å². The summed E-state index contributed by atoms with van der Waals surface area (Å²) in [5.41, 5.74) is 3.12. The van der Waals surface area contributed by atoms with Gasteiger partial charge < -0.3 is 14.6 Å². The summed E-state index contributed by atoms with van der Waals surface area (Å²) in [6.45, 7) is 4.28. The van der Waals surface area contributed by atoms with Crippen LogP contribution in [0.4, 0.5) is 8.78 Å². The van der Waals surface area contributed by atoms with Crippen LogP contribution < -0.4 is 9.47 Å². The lowest BCUT2D eigenvalue weighted by molar-refractivity contribution is 0.0668. The third-order valence-corrected chi connectivity index (χ3v) is 8.09. The number of likely N-dealkylation sites (tertiary alicyclic amines) is 1. The van der Waals surface area contributed by atoms with Gasteiger partial charge in [0, 0.05) is 42.9 Å². The first-order chi connectivity index (χ1) is 18.1. The van der Waals surface area contributed by atoms with Gasteiger partial charge in [0.25, 0.3) is 0 Å². The standard InChI is InChI=1S/C29H29F2NO5S/c1-18-26-14-23(33)5-8-27(26)37-29(28(18)21-11-22(31)13-25(12-21)38(2,34)35)20-3-6-24(7-4-20)36-10-9-32-16-19(15-30)17-32/h3-8,11-14,19,29,33H,9-10,15-17H2,1-2H3/t29-/m0/s1. The van der Waals surface area contributed by atoms with E-state index in [4.69, 9.17) is 9.47 Å². The number of rotatable bonds is 8. The van der Waals surface area contributed by atoms with Crippen molar-refractivity contribution < 1.29 is 31.8 Å². The van der Waals surface area contributed by atoms with E-state index in [1.54, 1.807) is 12.1 Å². The molecule has 2 aliphatic rings. The number of allylic oxidation sites excluding steroid dienone is 1. The first-order valence-corrected chi connectivity index (χ1v) is 14.2. The Morgan fingerprint density at radius 3 is 2.50 bits per heavy atom. The molecule has 0 spiro atoms. The highest BCUT2D eigenvalue weighted by Crippen LogP contribution is 2.47. The number of fused-ring (bicyclic) bond motifs is 1. The quantitative estimate of drug-likeness (QED) is 0.418. The van der Waals surface area contributed by atoms with Crippen LogP contribution in [-0.2, 0) is 9.84 Å². The van der Waals surface area contributed by atoms with E-state index in [-0.39, 0.29) is 23.2 Å². The molecular formula is C29H29F2NO5S. The fourth-order valence-corrected chi connectivity index (χ4v) is 5.63. The van der Waals surface area contributed by atoms with E-state index < -0.39 is 21.8 Å². The molecule has 1 fully saturated rings. The maximum Gasteiger partial charge on any atom is 0.175 e. The Balaban J connectivity index is 1.46. The van der Waals surface area contributed by atoms with Crippen LogP contribution in [0.1, 0.15) is 29.7 Å². The Hall–Kier alpha value is -3.43. The predicted molar refractivity (Wildman–Crippen MR) is 141 cm³/mol. The molecule has 0 aromatic heterocycles. The molecule has 5 rings (SSSR count). The topological polar surface area (TPSA) is 76.1 Å². The van der Waals surface area contributed by atoms with Gasteiger partial charge >= 0.3 is 0 Å². The van der Waals surface area contributed by atoms with Crippen LogP contribution in [0.3, 0.4) is 0 Å². The first kappa shape index (κ1) is 26.2. The summed E-state index contributed by atoms with van der Waals surface area (Å²) in [4.78, 5) is 2.02. The van der Waals surface area contributed by atoms with E-state index in [9.17, 15) is 22.3 Å². The smallest absolute Gasteiger partial charge is 0.175 e. The summed E-state index contributed by atoms with van der Waals surface area (Å²) in [6, 6.07) is 15.9. The number of hydrogen-bond donors (Lipinski definition) is 1. The molecule has 3 aromatic carbocycles. The molecule has 6 nitrogen and oxygen atoms in total. The van der Waals surface area contributed by atoms with Gasteiger partial charge in [-0.25, -0.2) is 12.8 Å². The van der Waals surface area contributed by atoms with Gasteiger partial charge in [0.05, 0.1) is 11.6 Å². The Labute approximate surface area is 221 Å². The van der Waals surface area contributed by atoms with Gasteiger partial charge in [-0.1, -0.05) is 12.1 Å². The summed E-state index contributed by atoms with van der Waals surface area (Å²) < 4.78 is 63.9. The second-order valence-electron chi connectivity index (χ2n) is 9.86. The van der Waals surface area contributed by atoms with Crippen LogP contribution >= 0.6 is 0 Å². The number of ether oxygens (including phenoxy) is 2. The Bertz CT molecular complexity index is 1480. The first-order valence-electron chi connectivity index (χ1n) is 12.4. The van der Waals surface area contributed by atoms with Crippen LogP contribution in [0, 0.1) is 11.7 Å². The van der Waals surface area contributed by atoms with Crippen LogP contribution in [0.5, 0.6) is 17.2 Å². The molecule has 0 saturated carbocycles. The minimum atomic E-state index is -3.66. The van der Waals surface area contributed by atoms with Crippen LogP contribution in [0.15, 0.2) is 65.6 Å². The van der Waals surface area contributed by atoms with Crippen LogP contribution in [0.25, 0.3) is 11.1 Å². The molecule has 0 aliphatic carbocycles. The van der Waals surface area contributed by atoms with E-state index in [0.29, 0.717) is 34.8 Å². The van der Waals surface area contributed by atoms with Crippen LogP contribution in [-0.4, -0.2) is 57.6 Å². The van der Waals surface area contributed by atoms with Crippen molar-refractivity contribution >= 4 is 21.0 Å². The molecule has 200 valence electrons. The van der Waals surface area contributed by atoms with E-state index in [0.717, 1.165) is 43.1 Å². The predicted octanol–water partition coefficient (Wildman–Crippen LogP) is 5.28. The lowest BCUT2D eigenvalue weighted by atomic mass is 9.86. The van der Waals surface area contributed by atoms with E-state index in [1.165, 1.54) is 18.2 Å². The molecule has 3 aromatic rings. The number of hydrogen-bond acceptors (Lipinski definition) is 6. The normalized spacial score (nSPS) is 18.1. The molecule has 0 unspecified atom stereocenters. The van der Waals surface area contributed by atoms with Crippen molar-refractivity contribution in [2.75, 3.05) is 39.2 Å². The fourth-order valence-electron chi connectivity index (χ4n) is 4.96. The molecule has 2 aliphatic heterocycles. The molecular weight excluding hydrogens is 512 g/mol. The lowest BCUT2D eigenvalue weighted by Gasteiger charge is -2.37. The Morgan fingerprint density at radius 1 is 1.08 bits per heavy atom. The van der Waals surface area contributed by atoms with Crippen molar-refractivity contribution in [2.45, 2.75) is 17.9 Å². The van der Waals surface area contributed by atoms with Crippen molar-refractivity contribution in [3.8, 4) is 17.2 Å². The summed E-state index contributed by atoms with van der Waals surface area (Å²) in [5.74, 6) is 0.740. The van der Waals surface area contributed by atoms with Gasteiger partial charge in [0.15, 0.2) is 9.84 Å². The SMILES string of the molecule is CC1=C(c2cc(F)cc(S(C)(=O)=O)c2)[C@H](c2ccc(OCCN3CC(CF)C3)cc2)Oc2ccc(O)cc21. The second kappa shape index (κ2) is 10.4. The third kappa shape index (κ3) is 5.39. The van der Waals surface area contributed by atoms with Gasteiger partial charge in [-0.15, -0.1) is 0 Å². The number of nitrogens with zero attached hydrogens (tertiary/aromatic N) is 1. The average molecular weight is 542 g/mol. The molecule has 1 atom stereocenters. The lowest BCUT2D eigenvalue weighted by Crippen LogP contribution is -2.49. The molecule has 2 heterocycles. The molecule has 0 amide bonds. The van der Waals surface area contributed by atoms with Gasteiger partial charge in [0.2, 0.25) is 0 Å². The largest absolute Gasteiger partial charge is 0.508 e. The van der Waals surface area contributed by atoms with Crippen molar-refractivity contribution in [1.29, 1.82) is 0 Å². The summed E-state index contributed by atoms with van der Waals surface area (Å²) in [5, 5.41) is 10.1.